The molecule has 0 bridgehead atoms. The zero-order valence-corrected chi connectivity index (χ0v) is 12.3. The van der Waals surface area contributed by atoms with Gasteiger partial charge < -0.3 is 10.5 Å². The number of pyridine rings is 1. The second-order valence-corrected chi connectivity index (χ2v) is 5.51. The van der Waals surface area contributed by atoms with Crippen LogP contribution in [0.3, 0.4) is 0 Å². The zero-order valence-electron chi connectivity index (χ0n) is 12.3. The monoisotopic (exact) mass is 344 g/mol. The van der Waals surface area contributed by atoms with Gasteiger partial charge in [-0.15, -0.1) is 0 Å². The molecule has 1 aliphatic heterocycles. The van der Waals surface area contributed by atoms with Gasteiger partial charge in [0.2, 0.25) is 0 Å². The maximum atomic E-state index is 14.0. The summed E-state index contributed by atoms with van der Waals surface area (Å²) in [7, 11) is 0. The predicted octanol–water partition coefficient (Wildman–Crippen LogP) is 4.25. The van der Waals surface area contributed by atoms with E-state index in [0.717, 1.165) is 18.2 Å². The number of rotatable bonds is 2. The van der Waals surface area contributed by atoms with Crippen molar-refractivity contribution in [3.63, 3.8) is 0 Å². The van der Waals surface area contributed by atoms with Gasteiger partial charge in [-0.2, -0.15) is 13.2 Å². The Bertz CT molecular complexity index is 763. The van der Waals surface area contributed by atoms with Crippen LogP contribution in [0.15, 0.2) is 30.5 Å². The molecule has 0 spiro atoms. The largest absolute Gasteiger partial charge is 0.397 e. The second-order valence-electron chi connectivity index (χ2n) is 5.51. The molecular formula is C16H13F5N2O. The van der Waals surface area contributed by atoms with Crippen molar-refractivity contribution in [1.29, 1.82) is 0 Å². The molecule has 3 nitrogen and oxygen atoms in total. The van der Waals surface area contributed by atoms with Crippen LogP contribution in [0, 0.1) is 17.6 Å². The molecule has 0 aliphatic carbocycles. The molecule has 0 saturated carbocycles. The number of aromatic nitrogens is 1. The van der Waals surface area contributed by atoms with E-state index in [4.69, 9.17) is 10.5 Å². The third kappa shape index (κ3) is 2.93. The Balaban J connectivity index is 2.08. The van der Waals surface area contributed by atoms with Crippen molar-refractivity contribution < 1.29 is 26.7 Å². The highest BCUT2D eigenvalue weighted by Gasteiger charge is 2.49. The van der Waals surface area contributed by atoms with Gasteiger partial charge in [0, 0.05) is 23.9 Å². The Morgan fingerprint density at radius 2 is 1.88 bits per heavy atom. The molecule has 1 fully saturated rings. The summed E-state index contributed by atoms with van der Waals surface area (Å²) in [5.74, 6) is -3.16. The number of hydrogen-bond acceptors (Lipinski definition) is 3. The third-order valence-electron chi connectivity index (χ3n) is 4.02. The van der Waals surface area contributed by atoms with Gasteiger partial charge in [0.25, 0.3) is 0 Å². The minimum atomic E-state index is -4.46. The Hall–Kier alpha value is -2.22. The fraction of sp³-hybridized carbons (Fsp3) is 0.312. The van der Waals surface area contributed by atoms with E-state index in [-0.39, 0.29) is 35.5 Å². The van der Waals surface area contributed by atoms with Crippen molar-refractivity contribution >= 4 is 5.69 Å². The number of hydrogen-bond donors (Lipinski definition) is 1. The Morgan fingerprint density at radius 3 is 2.58 bits per heavy atom. The van der Waals surface area contributed by atoms with Crippen LogP contribution in [-0.4, -0.2) is 17.8 Å². The topological polar surface area (TPSA) is 48.1 Å². The van der Waals surface area contributed by atoms with Crippen molar-refractivity contribution in [2.24, 2.45) is 5.92 Å². The van der Waals surface area contributed by atoms with E-state index < -0.39 is 29.8 Å². The minimum Gasteiger partial charge on any atom is -0.397 e. The lowest BCUT2D eigenvalue weighted by Crippen LogP contribution is -2.26. The molecule has 1 aromatic carbocycles. The van der Waals surface area contributed by atoms with Crippen LogP contribution in [0.4, 0.5) is 27.6 Å². The number of alkyl halides is 3. The van der Waals surface area contributed by atoms with Crippen molar-refractivity contribution in [2.45, 2.75) is 18.7 Å². The number of benzene rings is 1. The zero-order chi connectivity index (χ0) is 17.5. The smallest absolute Gasteiger partial charge is 0.394 e. The van der Waals surface area contributed by atoms with E-state index in [2.05, 4.69) is 4.98 Å². The standard InChI is InChI=1S/C16H13F5N2O/c17-8-1-2-12(18)10(7-8)9-3-5-23-14(13(9)22)15-11(4-6-24-15)16(19,20)21/h1-3,5,7,11,15H,4,6,22H2/t11-,15-/m1/s1. The van der Waals surface area contributed by atoms with Gasteiger partial charge in [-0.25, -0.2) is 8.78 Å². The van der Waals surface area contributed by atoms with Crippen LogP contribution in [0.25, 0.3) is 11.1 Å². The van der Waals surface area contributed by atoms with E-state index >= 15 is 0 Å². The van der Waals surface area contributed by atoms with Crippen LogP contribution < -0.4 is 5.73 Å². The van der Waals surface area contributed by atoms with Gasteiger partial charge in [0.1, 0.15) is 17.7 Å². The van der Waals surface area contributed by atoms with Crippen LogP contribution >= 0.6 is 0 Å². The maximum Gasteiger partial charge on any atom is 0.394 e. The summed E-state index contributed by atoms with van der Waals surface area (Å²) in [6, 6.07) is 4.13. The molecule has 2 heterocycles. The number of nitrogens with two attached hydrogens (primary N) is 1. The van der Waals surface area contributed by atoms with Gasteiger partial charge in [-0.1, -0.05) is 0 Å². The molecule has 8 heteroatoms. The number of ether oxygens (including phenoxy) is 1. The molecule has 0 unspecified atom stereocenters. The van der Waals surface area contributed by atoms with Crippen molar-refractivity contribution in [1.82, 2.24) is 4.98 Å². The van der Waals surface area contributed by atoms with Crippen molar-refractivity contribution in [2.75, 3.05) is 12.3 Å². The average Bonchev–Trinajstić information content (AvgIpc) is 3.00. The molecule has 0 radical (unpaired) electrons. The highest BCUT2D eigenvalue weighted by Crippen LogP contribution is 2.46. The first-order valence-corrected chi connectivity index (χ1v) is 7.17. The van der Waals surface area contributed by atoms with Gasteiger partial charge in [-0.05, 0) is 30.7 Å². The molecule has 2 aromatic rings. The molecule has 1 aromatic heterocycles. The highest BCUT2D eigenvalue weighted by atomic mass is 19.4. The maximum absolute atomic E-state index is 14.0. The lowest BCUT2D eigenvalue weighted by molar-refractivity contribution is -0.187. The number of anilines is 1. The Kier molecular flexibility index (Phi) is 4.16. The van der Waals surface area contributed by atoms with Gasteiger partial charge >= 0.3 is 6.18 Å². The fourth-order valence-electron chi connectivity index (χ4n) is 2.85. The molecule has 2 N–H and O–H groups in total. The van der Waals surface area contributed by atoms with E-state index in [0.29, 0.717) is 0 Å². The van der Waals surface area contributed by atoms with Crippen LogP contribution in [-0.2, 0) is 4.74 Å². The van der Waals surface area contributed by atoms with Gasteiger partial charge in [0.15, 0.2) is 0 Å². The summed E-state index contributed by atoms with van der Waals surface area (Å²) < 4.78 is 71.8. The van der Waals surface area contributed by atoms with Crippen LogP contribution in [0.2, 0.25) is 0 Å². The Morgan fingerprint density at radius 1 is 1.12 bits per heavy atom. The van der Waals surface area contributed by atoms with Gasteiger partial charge in [0.05, 0.1) is 17.3 Å². The normalized spacial score (nSPS) is 21.2. The third-order valence-corrected chi connectivity index (χ3v) is 4.02. The Labute approximate surface area is 134 Å². The number of halogens is 5. The summed E-state index contributed by atoms with van der Waals surface area (Å²) in [4.78, 5) is 3.90. The lowest BCUT2D eigenvalue weighted by atomic mass is 9.94. The van der Waals surface area contributed by atoms with Crippen LogP contribution in [0.5, 0.6) is 0 Å². The summed E-state index contributed by atoms with van der Waals surface area (Å²) in [5, 5.41) is 0. The SMILES string of the molecule is Nc1c(-c2cc(F)ccc2F)ccnc1[C@@H]1OCC[C@H]1C(F)(F)F. The lowest BCUT2D eigenvalue weighted by Gasteiger charge is -2.22. The molecule has 3 rings (SSSR count). The van der Waals surface area contributed by atoms with E-state index in [9.17, 15) is 22.0 Å². The highest BCUT2D eigenvalue weighted by molar-refractivity contribution is 5.78. The van der Waals surface area contributed by atoms with E-state index in [1.807, 2.05) is 0 Å². The first-order valence-electron chi connectivity index (χ1n) is 7.17. The fourth-order valence-corrected chi connectivity index (χ4v) is 2.85. The minimum absolute atomic E-state index is 0.0749. The molecule has 1 saturated heterocycles. The molecule has 128 valence electrons. The number of nitrogen functional groups attached to an aromatic ring is 1. The quantitative estimate of drug-likeness (QED) is 0.829. The van der Waals surface area contributed by atoms with Crippen LogP contribution in [0.1, 0.15) is 18.2 Å². The summed E-state index contributed by atoms with van der Waals surface area (Å²) in [6.45, 7) is -0.0749. The molecule has 2 atom stereocenters. The summed E-state index contributed by atoms with van der Waals surface area (Å²) >= 11 is 0. The first-order chi connectivity index (χ1) is 11.3. The second kappa shape index (κ2) is 6.01. The number of nitrogens with zero attached hydrogens (tertiary/aromatic N) is 1. The van der Waals surface area contributed by atoms with E-state index in [1.54, 1.807) is 0 Å². The van der Waals surface area contributed by atoms with Crippen molar-refractivity contribution in [3.8, 4) is 11.1 Å². The molecule has 1 aliphatic rings. The summed E-state index contributed by atoms with van der Waals surface area (Å²) in [6.07, 6.45) is -4.81. The van der Waals surface area contributed by atoms with Gasteiger partial charge in [-0.3, -0.25) is 4.98 Å². The predicted molar refractivity (Wildman–Crippen MR) is 76.9 cm³/mol. The average molecular weight is 344 g/mol. The molecular weight excluding hydrogens is 331 g/mol. The molecule has 24 heavy (non-hydrogen) atoms. The van der Waals surface area contributed by atoms with E-state index in [1.165, 1.54) is 12.3 Å². The van der Waals surface area contributed by atoms with Crippen molar-refractivity contribution in [3.05, 3.63) is 47.8 Å². The summed E-state index contributed by atoms with van der Waals surface area (Å²) in [5.41, 5.74) is 5.59. The molecule has 0 amide bonds. The first kappa shape index (κ1) is 16.6.